The van der Waals surface area contributed by atoms with Crippen LogP contribution in [-0.4, -0.2) is 5.78 Å². The molecule has 0 amide bonds. The van der Waals surface area contributed by atoms with Crippen molar-refractivity contribution in [3.8, 4) is 0 Å². The van der Waals surface area contributed by atoms with E-state index in [-0.39, 0.29) is 5.41 Å². The summed E-state index contributed by atoms with van der Waals surface area (Å²) >= 11 is 0. The van der Waals surface area contributed by atoms with Gasteiger partial charge in [-0.1, -0.05) is 44.2 Å². The lowest BCUT2D eigenvalue weighted by atomic mass is 9.73. The Morgan fingerprint density at radius 3 is 2.56 bits per heavy atom. The van der Waals surface area contributed by atoms with E-state index in [1.165, 1.54) is 0 Å². The van der Waals surface area contributed by atoms with Gasteiger partial charge in [-0.15, -0.1) is 0 Å². The maximum absolute atomic E-state index is 12.2. The highest BCUT2D eigenvalue weighted by atomic mass is 16.1. The number of allylic oxidation sites excluding steroid dienone is 1. The average molecular weight is 214 g/mol. The van der Waals surface area contributed by atoms with Crippen LogP contribution in [0.5, 0.6) is 0 Å². The summed E-state index contributed by atoms with van der Waals surface area (Å²) in [6.07, 6.45) is 5.11. The number of benzene rings is 1. The van der Waals surface area contributed by atoms with Crippen LogP contribution in [0.25, 0.3) is 6.08 Å². The first-order chi connectivity index (χ1) is 7.59. The predicted octanol–water partition coefficient (Wildman–Crippen LogP) is 3.85. The van der Waals surface area contributed by atoms with Crippen molar-refractivity contribution >= 4 is 11.9 Å². The minimum absolute atomic E-state index is 0.168. The average Bonchev–Trinajstić information content (AvgIpc) is 2.26. The molecular formula is C15H18O. The first kappa shape index (κ1) is 11.1. The van der Waals surface area contributed by atoms with Crippen molar-refractivity contribution in [2.24, 2.45) is 5.41 Å². The van der Waals surface area contributed by atoms with Crippen LogP contribution >= 0.6 is 0 Å². The van der Waals surface area contributed by atoms with E-state index < -0.39 is 0 Å². The molecule has 16 heavy (non-hydrogen) atoms. The third-order valence-corrected chi connectivity index (χ3v) is 3.29. The largest absolute Gasteiger partial charge is 0.294 e. The van der Waals surface area contributed by atoms with Gasteiger partial charge in [-0.2, -0.15) is 0 Å². The molecule has 0 spiro atoms. The summed E-state index contributed by atoms with van der Waals surface area (Å²) in [6, 6.07) is 10.1. The van der Waals surface area contributed by atoms with Gasteiger partial charge in [-0.05, 0) is 36.5 Å². The minimum atomic E-state index is -0.168. The molecule has 0 unspecified atom stereocenters. The Morgan fingerprint density at radius 1 is 1.19 bits per heavy atom. The molecule has 1 aromatic carbocycles. The van der Waals surface area contributed by atoms with E-state index in [4.69, 9.17) is 0 Å². The summed E-state index contributed by atoms with van der Waals surface area (Å²) in [5.41, 5.74) is 1.95. The Morgan fingerprint density at radius 2 is 1.88 bits per heavy atom. The Hall–Kier alpha value is -1.37. The van der Waals surface area contributed by atoms with Crippen LogP contribution in [0.4, 0.5) is 0 Å². The predicted molar refractivity (Wildman–Crippen MR) is 67.1 cm³/mol. The first-order valence-electron chi connectivity index (χ1n) is 5.90. The van der Waals surface area contributed by atoms with Gasteiger partial charge in [0, 0.05) is 5.41 Å². The quantitative estimate of drug-likeness (QED) is 0.649. The zero-order valence-corrected chi connectivity index (χ0v) is 9.99. The Bertz CT molecular complexity index is 412. The third kappa shape index (κ3) is 2.24. The molecule has 0 N–H and O–H groups in total. The molecule has 1 heteroatoms. The van der Waals surface area contributed by atoms with Gasteiger partial charge in [0.15, 0.2) is 5.78 Å². The van der Waals surface area contributed by atoms with Gasteiger partial charge in [-0.25, -0.2) is 0 Å². The van der Waals surface area contributed by atoms with Crippen molar-refractivity contribution in [2.45, 2.75) is 33.1 Å². The molecular weight excluding hydrogens is 196 g/mol. The summed E-state index contributed by atoms with van der Waals surface area (Å²) in [5, 5.41) is 0. The molecule has 0 radical (unpaired) electrons. The van der Waals surface area contributed by atoms with E-state index >= 15 is 0 Å². The van der Waals surface area contributed by atoms with Crippen LogP contribution in [0.2, 0.25) is 0 Å². The molecule has 0 heterocycles. The topological polar surface area (TPSA) is 17.1 Å². The zero-order valence-electron chi connectivity index (χ0n) is 9.99. The standard InChI is InChI=1S/C15H18O/c1-15(2)10-6-9-13(14(15)16)11-12-7-4-3-5-8-12/h3-5,7-8,11H,6,9-10H2,1-2H3/b13-11-. The molecule has 84 valence electrons. The summed E-state index contributed by atoms with van der Waals surface area (Å²) in [6.45, 7) is 4.10. The van der Waals surface area contributed by atoms with Gasteiger partial charge in [0.25, 0.3) is 0 Å². The van der Waals surface area contributed by atoms with E-state index in [0.717, 1.165) is 30.4 Å². The molecule has 1 aliphatic rings. The lowest BCUT2D eigenvalue weighted by molar-refractivity contribution is -0.124. The van der Waals surface area contributed by atoms with Gasteiger partial charge in [0.2, 0.25) is 0 Å². The summed E-state index contributed by atoms with van der Waals surface area (Å²) in [7, 11) is 0. The molecule has 1 aromatic rings. The van der Waals surface area contributed by atoms with Crippen molar-refractivity contribution in [1.82, 2.24) is 0 Å². The summed E-state index contributed by atoms with van der Waals surface area (Å²) in [5.74, 6) is 0.322. The fourth-order valence-electron chi connectivity index (χ4n) is 2.27. The molecule has 0 bridgehead atoms. The summed E-state index contributed by atoms with van der Waals surface area (Å²) in [4.78, 5) is 12.2. The maximum Gasteiger partial charge on any atom is 0.164 e. The number of ketones is 1. The number of hydrogen-bond donors (Lipinski definition) is 0. The fourth-order valence-corrected chi connectivity index (χ4v) is 2.27. The molecule has 1 aliphatic carbocycles. The second-order valence-electron chi connectivity index (χ2n) is 5.15. The van der Waals surface area contributed by atoms with Crippen molar-refractivity contribution < 1.29 is 4.79 Å². The first-order valence-corrected chi connectivity index (χ1v) is 5.90. The Kier molecular flexibility index (Phi) is 2.95. The number of hydrogen-bond acceptors (Lipinski definition) is 1. The van der Waals surface area contributed by atoms with Gasteiger partial charge >= 0.3 is 0 Å². The highest BCUT2D eigenvalue weighted by Crippen LogP contribution is 2.35. The van der Waals surface area contributed by atoms with Gasteiger partial charge in [0.05, 0.1) is 0 Å². The van der Waals surface area contributed by atoms with Crippen LogP contribution in [0.15, 0.2) is 35.9 Å². The van der Waals surface area contributed by atoms with Crippen LogP contribution < -0.4 is 0 Å². The van der Waals surface area contributed by atoms with Crippen LogP contribution in [0.3, 0.4) is 0 Å². The van der Waals surface area contributed by atoms with Crippen molar-refractivity contribution in [3.05, 3.63) is 41.5 Å². The molecule has 0 atom stereocenters. The van der Waals surface area contributed by atoms with Gasteiger partial charge in [0.1, 0.15) is 0 Å². The van der Waals surface area contributed by atoms with Crippen LogP contribution in [0, 0.1) is 5.41 Å². The second-order valence-corrected chi connectivity index (χ2v) is 5.15. The number of rotatable bonds is 1. The normalized spacial score (nSPS) is 22.4. The second kappa shape index (κ2) is 4.25. The Labute approximate surface area is 97.2 Å². The highest BCUT2D eigenvalue weighted by Gasteiger charge is 2.33. The van der Waals surface area contributed by atoms with E-state index in [9.17, 15) is 4.79 Å². The highest BCUT2D eigenvalue weighted by molar-refractivity contribution is 6.03. The van der Waals surface area contributed by atoms with Crippen molar-refractivity contribution in [1.29, 1.82) is 0 Å². The number of carbonyl (C=O) groups is 1. The third-order valence-electron chi connectivity index (χ3n) is 3.29. The van der Waals surface area contributed by atoms with E-state index in [0.29, 0.717) is 5.78 Å². The van der Waals surface area contributed by atoms with Gasteiger partial charge in [-0.3, -0.25) is 4.79 Å². The lowest BCUT2D eigenvalue weighted by Gasteiger charge is -2.29. The smallest absolute Gasteiger partial charge is 0.164 e. The van der Waals surface area contributed by atoms with Crippen molar-refractivity contribution in [3.63, 3.8) is 0 Å². The fraction of sp³-hybridized carbons (Fsp3) is 0.400. The van der Waals surface area contributed by atoms with E-state index in [2.05, 4.69) is 0 Å². The van der Waals surface area contributed by atoms with Crippen LogP contribution in [-0.2, 0) is 4.79 Å². The number of carbonyl (C=O) groups excluding carboxylic acids is 1. The summed E-state index contributed by atoms with van der Waals surface area (Å²) < 4.78 is 0. The molecule has 2 rings (SSSR count). The molecule has 1 fully saturated rings. The zero-order chi connectivity index (χ0) is 11.6. The molecule has 1 saturated carbocycles. The maximum atomic E-state index is 12.2. The van der Waals surface area contributed by atoms with E-state index in [1.807, 2.05) is 50.3 Å². The van der Waals surface area contributed by atoms with E-state index in [1.54, 1.807) is 0 Å². The van der Waals surface area contributed by atoms with Crippen LogP contribution in [0.1, 0.15) is 38.7 Å². The Balaban J connectivity index is 2.28. The molecule has 0 saturated heterocycles. The monoisotopic (exact) mass is 214 g/mol. The van der Waals surface area contributed by atoms with Crippen molar-refractivity contribution in [2.75, 3.05) is 0 Å². The molecule has 0 aliphatic heterocycles. The van der Waals surface area contributed by atoms with Gasteiger partial charge < -0.3 is 0 Å². The number of Topliss-reactive ketones (excluding diaryl/α,β-unsaturated/α-hetero) is 1. The minimum Gasteiger partial charge on any atom is -0.294 e. The molecule has 0 aromatic heterocycles. The SMILES string of the molecule is CC1(C)CCC/C(=C/c2ccccc2)C1=O. The molecule has 1 nitrogen and oxygen atoms in total. The lowest BCUT2D eigenvalue weighted by Crippen LogP contribution is -2.29.